The summed E-state index contributed by atoms with van der Waals surface area (Å²) in [5, 5.41) is 4.86. The fraction of sp³-hybridized carbons (Fsp3) is 0.222. The van der Waals surface area contributed by atoms with Crippen molar-refractivity contribution in [3.05, 3.63) is 71.9 Å². The Morgan fingerprint density at radius 1 is 0.900 bits per heavy atom. The fourth-order valence-electron chi connectivity index (χ4n) is 2.57. The minimum Gasteiger partial charge on any atom is -0.361 e. The van der Waals surface area contributed by atoms with E-state index in [4.69, 9.17) is 0 Å². The topological polar surface area (TPSA) is 27.8 Å². The van der Waals surface area contributed by atoms with Crippen LogP contribution in [0.15, 0.2) is 60.8 Å². The Bertz CT molecular complexity index is 655. The standard InChI is InChI=1S/C18H20N2/c1-2-7-15(8-3-1)13-19-12-6-9-16-14-20-18-11-5-4-10-17(16)18/h1-5,7-8,10-11,14,19-20H,6,9,12-13H2. The lowest BCUT2D eigenvalue weighted by Crippen LogP contribution is -2.15. The molecule has 0 amide bonds. The van der Waals surface area contributed by atoms with Gasteiger partial charge in [-0.1, -0.05) is 48.5 Å². The molecule has 0 unspecified atom stereocenters. The van der Waals surface area contributed by atoms with Crippen molar-refractivity contribution >= 4 is 10.9 Å². The molecule has 0 fully saturated rings. The molecule has 0 radical (unpaired) electrons. The summed E-state index contributed by atoms with van der Waals surface area (Å²) in [7, 11) is 0. The first-order chi connectivity index (χ1) is 9.93. The molecule has 2 nitrogen and oxygen atoms in total. The number of aryl methyl sites for hydroxylation is 1. The van der Waals surface area contributed by atoms with Gasteiger partial charge in [0.05, 0.1) is 0 Å². The monoisotopic (exact) mass is 264 g/mol. The Morgan fingerprint density at radius 2 is 1.70 bits per heavy atom. The zero-order valence-corrected chi connectivity index (χ0v) is 11.6. The molecule has 0 aliphatic rings. The molecule has 0 atom stereocenters. The predicted molar refractivity (Wildman–Crippen MR) is 84.8 cm³/mol. The summed E-state index contributed by atoms with van der Waals surface area (Å²) < 4.78 is 0. The van der Waals surface area contributed by atoms with E-state index in [2.05, 4.69) is 71.1 Å². The summed E-state index contributed by atoms with van der Waals surface area (Å²) in [6.45, 7) is 2.00. The third kappa shape index (κ3) is 3.09. The second-order valence-corrected chi connectivity index (χ2v) is 5.13. The van der Waals surface area contributed by atoms with E-state index >= 15 is 0 Å². The van der Waals surface area contributed by atoms with E-state index in [9.17, 15) is 0 Å². The van der Waals surface area contributed by atoms with Gasteiger partial charge in [-0.05, 0) is 36.6 Å². The number of para-hydroxylation sites is 1. The summed E-state index contributed by atoms with van der Waals surface area (Å²) in [6.07, 6.45) is 4.42. The van der Waals surface area contributed by atoms with Crippen LogP contribution < -0.4 is 5.32 Å². The highest BCUT2D eigenvalue weighted by atomic mass is 14.8. The minimum atomic E-state index is 0.953. The minimum absolute atomic E-state index is 0.953. The van der Waals surface area contributed by atoms with Crippen LogP contribution in [0.3, 0.4) is 0 Å². The first-order valence-electron chi connectivity index (χ1n) is 7.23. The Labute approximate surface area is 119 Å². The van der Waals surface area contributed by atoms with Gasteiger partial charge in [-0.2, -0.15) is 0 Å². The van der Waals surface area contributed by atoms with Crippen molar-refractivity contribution in [1.82, 2.24) is 10.3 Å². The maximum atomic E-state index is 3.50. The van der Waals surface area contributed by atoms with Crippen LogP contribution in [0.5, 0.6) is 0 Å². The van der Waals surface area contributed by atoms with Crippen LogP contribution in [0, 0.1) is 0 Å². The number of rotatable bonds is 6. The number of hydrogen-bond donors (Lipinski definition) is 2. The SMILES string of the molecule is c1ccc(CNCCCc2c[nH]c3ccccc23)cc1. The maximum Gasteiger partial charge on any atom is 0.0456 e. The van der Waals surface area contributed by atoms with Crippen molar-refractivity contribution in [3.63, 3.8) is 0 Å². The van der Waals surface area contributed by atoms with Gasteiger partial charge in [-0.25, -0.2) is 0 Å². The van der Waals surface area contributed by atoms with Gasteiger partial charge in [0.2, 0.25) is 0 Å². The van der Waals surface area contributed by atoms with E-state index in [1.165, 1.54) is 22.0 Å². The van der Waals surface area contributed by atoms with Gasteiger partial charge in [0.1, 0.15) is 0 Å². The lowest BCUT2D eigenvalue weighted by Gasteiger charge is -2.04. The summed E-state index contributed by atoms with van der Waals surface area (Å²) in [5.74, 6) is 0. The molecule has 102 valence electrons. The van der Waals surface area contributed by atoms with Gasteiger partial charge in [0, 0.05) is 23.6 Å². The number of hydrogen-bond acceptors (Lipinski definition) is 1. The fourth-order valence-corrected chi connectivity index (χ4v) is 2.57. The van der Waals surface area contributed by atoms with Crippen molar-refractivity contribution in [2.75, 3.05) is 6.54 Å². The van der Waals surface area contributed by atoms with E-state index in [0.717, 1.165) is 25.9 Å². The molecule has 0 saturated carbocycles. The largest absolute Gasteiger partial charge is 0.361 e. The van der Waals surface area contributed by atoms with Crippen LogP contribution in [-0.4, -0.2) is 11.5 Å². The predicted octanol–water partition coefficient (Wildman–Crippen LogP) is 3.89. The maximum absolute atomic E-state index is 3.50. The second kappa shape index (κ2) is 6.40. The number of H-pyrrole nitrogens is 1. The third-order valence-electron chi connectivity index (χ3n) is 3.65. The van der Waals surface area contributed by atoms with Crippen LogP contribution in [-0.2, 0) is 13.0 Å². The van der Waals surface area contributed by atoms with Crippen LogP contribution in [0.2, 0.25) is 0 Å². The number of benzene rings is 2. The van der Waals surface area contributed by atoms with Gasteiger partial charge in [-0.15, -0.1) is 0 Å². The lowest BCUT2D eigenvalue weighted by molar-refractivity contribution is 0.650. The summed E-state index contributed by atoms with van der Waals surface area (Å²) in [5.41, 5.74) is 4.00. The van der Waals surface area contributed by atoms with Crippen LogP contribution in [0.25, 0.3) is 10.9 Å². The van der Waals surface area contributed by atoms with Crippen molar-refractivity contribution in [2.45, 2.75) is 19.4 Å². The van der Waals surface area contributed by atoms with Gasteiger partial charge in [0.25, 0.3) is 0 Å². The van der Waals surface area contributed by atoms with Gasteiger partial charge < -0.3 is 10.3 Å². The van der Waals surface area contributed by atoms with E-state index in [-0.39, 0.29) is 0 Å². The lowest BCUT2D eigenvalue weighted by atomic mass is 10.1. The molecule has 20 heavy (non-hydrogen) atoms. The molecule has 0 bridgehead atoms. The molecular weight excluding hydrogens is 244 g/mol. The Hall–Kier alpha value is -2.06. The number of nitrogens with one attached hydrogen (secondary N) is 2. The average molecular weight is 264 g/mol. The highest BCUT2D eigenvalue weighted by Gasteiger charge is 2.01. The van der Waals surface area contributed by atoms with Crippen molar-refractivity contribution < 1.29 is 0 Å². The molecule has 2 aromatic carbocycles. The van der Waals surface area contributed by atoms with Crippen molar-refractivity contribution in [2.24, 2.45) is 0 Å². The van der Waals surface area contributed by atoms with Crippen LogP contribution in [0.1, 0.15) is 17.5 Å². The van der Waals surface area contributed by atoms with Crippen LogP contribution in [0.4, 0.5) is 0 Å². The molecule has 1 aromatic heterocycles. The van der Waals surface area contributed by atoms with E-state index in [1.54, 1.807) is 0 Å². The van der Waals surface area contributed by atoms with E-state index < -0.39 is 0 Å². The highest BCUT2D eigenvalue weighted by Crippen LogP contribution is 2.18. The molecule has 1 heterocycles. The summed E-state index contributed by atoms with van der Waals surface area (Å²) >= 11 is 0. The first-order valence-corrected chi connectivity index (χ1v) is 7.23. The van der Waals surface area contributed by atoms with Crippen molar-refractivity contribution in [1.29, 1.82) is 0 Å². The number of fused-ring (bicyclic) bond motifs is 1. The zero-order valence-electron chi connectivity index (χ0n) is 11.6. The van der Waals surface area contributed by atoms with Crippen molar-refractivity contribution in [3.8, 4) is 0 Å². The Kier molecular flexibility index (Phi) is 4.14. The molecule has 3 aromatic rings. The molecule has 0 aliphatic heterocycles. The summed E-state index contributed by atoms with van der Waals surface area (Å²) in [6, 6.07) is 19.0. The smallest absolute Gasteiger partial charge is 0.0456 e. The van der Waals surface area contributed by atoms with Gasteiger partial charge in [0.15, 0.2) is 0 Å². The van der Waals surface area contributed by atoms with E-state index in [0.29, 0.717) is 0 Å². The average Bonchev–Trinajstić information content (AvgIpc) is 2.91. The third-order valence-corrected chi connectivity index (χ3v) is 3.65. The molecule has 2 N–H and O–H groups in total. The van der Waals surface area contributed by atoms with Gasteiger partial charge >= 0.3 is 0 Å². The first kappa shape index (κ1) is 12.9. The Morgan fingerprint density at radius 3 is 2.60 bits per heavy atom. The Balaban J connectivity index is 1.46. The molecular formula is C18H20N2. The molecule has 2 heteroatoms. The molecule has 0 saturated heterocycles. The van der Waals surface area contributed by atoms with Gasteiger partial charge in [-0.3, -0.25) is 0 Å². The number of aromatic nitrogens is 1. The molecule has 3 rings (SSSR count). The zero-order chi connectivity index (χ0) is 13.6. The normalized spacial score (nSPS) is 11.0. The molecule has 0 aliphatic carbocycles. The quantitative estimate of drug-likeness (QED) is 0.649. The highest BCUT2D eigenvalue weighted by molar-refractivity contribution is 5.82. The summed E-state index contributed by atoms with van der Waals surface area (Å²) in [4.78, 5) is 3.33. The number of aromatic amines is 1. The second-order valence-electron chi connectivity index (χ2n) is 5.13. The van der Waals surface area contributed by atoms with Crippen LogP contribution >= 0.6 is 0 Å². The molecule has 0 spiro atoms. The van der Waals surface area contributed by atoms with E-state index in [1.807, 2.05) is 0 Å².